The molecule has 0 bridgehead atoms. The van der Waals surface area contributed by atoms with Crippen molar-refractivity contribution < 1.29 is 4.92 Å². The van der Waals surface area contributed by atoms with Crippen molar-refractivity contribution >= 4 is 61.2 Å². The van der Waals surface area contributed by atoms with Gasteiger partial charge in [-0.1, -0.05) is 0 Å². The monoisotopic (exact) mass is 452 g/mol. The van der Waals surface area contributed by atoms with Crippen molar-refractivity contribution in [2.75, 3.05) is 11.9 Å². The second-order valence-corrected chi connectivity index (χ2v) is 7.59. The lowest BCUT2D eigenvalue weighted by molar-refractivity contribution is -0.384. The van der Waals surface area contributed by atoms with Gasteiger partial charge in [-0.2, -0.15) is 0 Å². The number of nitro benzene ring substituents is 1. The smallest absolute Gasteiger partial charge is 0.293 e. The zero-order valence-corrected chi connectivity index (χ0v) is 14.3. The maximum absolute atomic E-state index is 11.0. The molecule has 0 aliphatic carbocycles. The molecule has 1 heterocycles. The molecule has 0 aliphatic rings. The normalized spacial score (nSPS) is 10.4. The molecule has 0 unspecified atom stereocenters. The van der Waals surface area contributed by atoms with Crippen LogP contribution in [0.25, 0.3) is 0 Å². The molecule has 0 spiro atoms. The van der Waals surface area contributed by atoms with Crippen LogP contribution in [-0.2, 0) is 6.42 Å². The zero-order valence-electron chi connectivity index (χ0n) is 9.73. The maximum Gasteiger partial charge on any atom is 0.293 e. The zero-order chi connectivity index (χ0) is 13.8. The average molecular weight is 453 g/mol. The Morgan fingerprint density at radius 2 is 2.16 bits per heavy atom. The molecule has 2 aromatic rings. The van der Waals surface area contributed by atoms with Crippen molar-refractivity contribution in [3.8, 4) is 0 Å². The van der Waals surface area contributed by atoms with Crippen LogP contribution in [0.4, 0.5) is 11.4 Å². The minimum atomic E-state index is -0.355. The summed E-state index contributed by atoms with van der Waals surface area (Å²) in [5.74, 6) is 0. The number of benzene rings is 1. The standard InChI is InChI=1S/C12H10BrIN2O2S/c13-12-4-2-9(19-12)5-6-15-10-3-1-8(14)7-11(10)16(17)18/h1-4,7,15H,5-6H2. The Kier molecular flexibility index (Phi) is 5.17. The molecule has 0 fully saturated rings. The summed E-state index contributed by atoms with van der Waals surface area (Å²) in [7, 11) is 0. The first kappa shape index (κ1) is 14.7. The molecule has 1 aromatic carbocycles. The molecule has 1 aromatic heterocycles. The largest absolute Gasteiger partial charge is 0.379 e. The molecule has 19 heavy (non-hydrogen) atoms. The molecule has 0 atom stereocenters. The lowest BCUT2D eigenvalue weighted by Gasteiger charge is -2.06. The highest BCUT2D eigenvalue weighted by Crippen LogP contribution is 2.27. The fourth-order valence-electron chi connectivity index (χ4n) is 1.61. The summed E-state index contributed by atoms with van der Waals surface area (Å²) in [4.78, 5) is 11.9. The van der Waals surface area contributed by atoms with Gasteiger partial charge in [0.05, 0.1) is 8.71 Å². The van der Waals surface area contributed by atoms with Gasteiger partial charge in [0.25, 0.3) is 5.69 Å². The van der Waals surface area contributed by atoms with Crippen LogP contribution < -0.4 is 5.32 Å². The molecular weight excluding hydrogens is 443 g/mol. The summed E-state index contributed by atoms with van der Waals surface area (Å²) < 4.78 is 1.96. The molecule has 100 valence electrons. The lowest BCUT2D eigenvalue weighted by atomic mass is 10.2. The first-order valence-electron chi connectivity index (χ1n) is 5.48. The third-order valence-electron chi connectivity index (χ3n) is 2.47. The SMILES string of the molecule is O=[N+]([O-])c1cc(I)ccc1NCCc1ccc(Br)s1. The van der Waals surface area contributed by atoms with Crippen LogP contribution in [0.2, 0.25) is 0 Å². The first-order chi connectivity index (χ1) is 9.06. The molecule has 0 radical (unpaired) electrons. The van der Waals surface area contributed by atoms with Crippen LogP contribution in [0.3, 0.4) is 0 Å². The molecule has 0 saturated heterocycles. The molecule has 7 heteroatoms. The number of nitrogens with one attached hydrogen (secondary N) is 1. The van der Waals surface area contributed by atoms with E-state index in [1.54, 1.807) is 23.5 Å². The second-order valence-electron chi connectivity index (χ2n) is 3.80. The van der Waals surface area contributed by atoms with Gasteiger partial charge in [-0.05, 0) is 69.2 Å². The van der Waals surface area contributed by atoms with Gasteiger partial charge in [-0.15, -0.1) is 11.3 Å². The second kappa shape index (κ2) is 6.67. The maximum atomic E-state index is 11.0. The third-order valence-corrected chi connectivity index (χ3v) is 4.83. The summed E-state index contributed by atoms with van der Waals surface area (Å²) >= 11 is 7.16. The topological polar surface area (TPSA) is 55.2 Å². The predicted molar refractivity (Wildman–Crippen MR) is 90.0 cm³/mol. The fraction of sp³-hybridized carbons (Fsp3) is 0.167. The minimum absolute atomic E-state index is 0.124. The fourth-order valence-corrected chi connectivity index (χ4v) is 3.57. The van der Waals surface area contributed by atoms with Crippen LogP contribution in [0.15, 0.2) is 34.1 Å². The summed E-state index contributed by atoms with van der Waals surface area (Å²) in [5.41, 5.74) is 0.695. The van der Waals surface area contributed by atoms with Gasteiger partial charge >= 0.3 is 0 Å². The number of anilines is 1. The van der Waals surface area contributed by atoms with Crippen LogP contribution in [0, 0.1) is 13.7 Å². The van der Waals surface area contributed by atoms with E-state index < -0.39 is 0 Å². The van der Waals surface area contributed by atoms with Crippen LogP contribution in [0.5, 0.6) is 0 Å². The molecule has 0 amide bonds. The van der Waals surface area contributed by atoms with Crippen LogP contribution in [0.1, 0.15) is 4.88 Å². The number of rotatable bonds is 5. The number of nitro groups is 1. The number of hydrogen-bond acceptors (Lipinski definition) is 4. The Bertz CT molecular complexity index is 603. The Labute approximate surface area is 136 Å². The number of hydrogen-bond donors (Lipinski definition) is 1. The van der Waals surface area contributed by atoms with E-state index in [0.29, 0.717) is 12.2 Å². The highest BCUT2D eigenvalue weighted by Gasteiger charge is 2.13. The van der Waals surface area contributed by atoms with Crippen molar-refractivity contribution in [1.82, 2.24) is 0 Å². The van der Waals surface area contributed by atoms with Crippen LogP contribution >= 0.6 is 49.9 Å². The lowest BCUT2D eigenvalue weighted by Crippen LogP contribution is -2.06. The van der Waals surface area contributed by atoms with Crippen LogP contribution in [-0.4, -0.2) is 11.5 Å². The van der Waals surface area contributed by atoms with Crippen molar-refractivity contribution in [2.24, 2.45) is 0 Å². The van der Waals surface area contributed by atoms with Gasteiger partial charge in [-0.3, -0.25) is 10.1 Å². The summed E-state index contributed by atoms with van der Waals surface area (Å²) in [6, 6.07) is 9.25. The number of nitrogens with zero attached hydrogens (tertiary/aromatic N) is 1. The van der Waals surface area contributed by atoms with E-state index in [1.165, 1.54) is 4.88 Å². The Morgan fingerprint density at radius 1 is 1.37 bits per heavy atom. The van der Waals surface area contributed by atoms with Gasteiger partial charge in [0.1, 0.15) is 5.69 Å². The Morgan fingerprint density at radius 3 is 2.79 bits per heavy atom. The van der Waals surface area contributed by atoms with E-state index in [4.69, 9.17) is 0 Å². The van der Waals surface area contributed by atoms with Gasteiger partial charge in [0.15, 0.2) is 0 Å². The van der Waals surface area contributed by atoms with E-state index in [-0.39, 0.29) is 10.6 Å². The molecular formula is C12H10BrIN2O2S. The molecule has 0 aliphatic heterocycles. The summed E-state index contributed by atoms with van der Waals surface area (Å²) in [6.07, 6.45) is 0.847. The third kappa shape index (κ3) is 4.15. The van der Waals surface area contributed by atoms with E-state index >= 15 is 0 Å². The average Bonchev–Trinajstić information content (AvgIpc) is 2.77. The van der Waals surface area contributed by atoms with Gasteiger partial charge < -0.3 is 5.32 Å². The molecule has 4 nitrogen and oxygen atoms in total. The van der Waals surface area contributed by atoms with E-state index in [1.807, 2.05) is 12.1 Å². The molecule has 1 N–H and O–H groups in total. The quantitative estimate of drug-likeness (QED) is 0.407. The van der Waals surface area contributed by atoms with E-state index in [0.717, 1.165) is 13.8 Å². The van der Waals surface area contributed by atoms with Crippen molar-refractivity contribution in [3.63, 3.8) is 0 Å². The van der Waals surface area contributed by atoms with Crippen molar-refractivity contribution in [2.45, 2.75) is 6.42 Å². The Balaban J connectivity index is 2.01. The highest BCUT2D eigenvalue weighted by molar-refractivity contribution is 14.1. The van der Waals surface area contributed by atoms with E-state index in [2.05, 4.69) is 49.9 Å². The number of thiophene rings is 1. The van der Waals surface area contributed by atoms with Gasteiger partial charge in [-0.25, -0.2) is 0 Å². The Hall–Kier alpha value is -0.670. The van der Waals surface area contributed by atoms with Crippen molar-refractivity contribution in [3.05, 3.63) is 52.7 Å². The highest BCUT2D eigenvalue weighted by atomic mass is 127. The van der Waals surface area contributed by atoms with Gasteiger partial charge in [0.2, 0.25) is 0 Å². The summed E-state index contributed by atoms with van der Waals surface area (Å²) in [6.45, 7) is 0.675. The number of halogens is 2. The van der Waals surface area contributed by atoms with E-state index in [9.17, 15) is 10.1 Å². The molecule has 0 saturated carbocycles. The predicted octanol–water partition coefficient (Wildman–Crippen LogP) is 4.68. The summed E-state index contributed by atoms with van der Waals surface area (Å²) in [5, 5.41) is 14.1. The van der Waals surface area contributed by atoms with Crippen molar-refractivity contribution in [1.29, 1.82) is 0 Å². The van der Waals surface area contributed by atoms with Gasteiger partial charge in [0, 0.05) is 21.1 Å². The first-order valence-corrected chi connectivity index (χ1v) is 8.17. The molecule has 2 rings (SSSR count). The minimum Gasteiger partial charge on any atom is -0.379 e.